The van der Waals surface area contributed by atoms with E-state index in [9.17, 15) is 13.6 Å². The van der Waals surface area contributed by atoms with E-state index in [0.717, 1.165) is 0 Å². The number of methoxy groups -OCH3 is 1. The van der Waals surface area contributed by atoms with E-state index in [1.807, 2.05) is 6.92 Å². The van der Waals surface area contributed by atoms with Crippen molar-refractivity contribution in [1.82, 2.24) is 0 Å². The number of ether oxygens (including phenoxy) is 2. The molecule has 1 rings (SSSR count). The Kier molecular flexibility index (Phi) is 4.48. The highest BCUT2D eigenvalue weighted by atomic mass is 19.3. The standard InChI is InChI=1S/C11H14F2O4/c1-6-3-8(16-2)9(17-11(12)13)4-7(6)5-10(14)15/h4,6,11H,3,5H2,1-2H3,(H,14,15). The Hall–Kier alpha value is -1.59. The van der Waals surface area contributed by atoms with Crippen LogP contribution in [0, 0.1) is 5.92 Å². The van der Waals surface area contributed by atoms with Gasteiger partial charge in [-0.3, -0.25) is 4.79 Å². The molecule has 0 amide bonds. The van der Waals surface area contributed by atoms with E-state index >= 15 is 0 Å². The molecular formula is C11H14F2O4. The van der Waals surface area contributed by atoms with E-state index in [0.29, 0.717) is 17.8 Å². The zero-order valence-corrected chi connectivity index (χ0v) is 9.57. The molecule has 1 aliphatic rings. The zero-order chi connectivity index (χ0) is 13.0. The molecule has 0 fully saturated rings. The van der Waals surface area contributed by atoms with Crippen LogP contribution < -0.4 is 0 Å². The predicted molar refractivity (Wildman–Crippen MR) is 55.2 cm³/mol. The molecule has 0 saturated heterocycles. The predicted octanol–water partition coefficient (Wildman–Crippen LogP) is 2.52. The van der Waals surface area contributed by atoms with Gasteiger partial charge in [-0.1, -0.05) is 12.5 Å². The number of rotatable bonds is 5. The second-order valence-corrected chi connectivity index (χ2v) is 3.76. The molecule has 17 heavy (non-hydrogen) atoms. The molecule has 6 heteroatoms. The molecule has 4 nitrogen and oxygen atoms in total. The molecule has 0 aromatic heterocycles. The third-order valence-corrected chi connectivity index (χ3v) is 2.53. The van der Waals surface area contributed by atoms with Gasteiger partial charge in [0.25, 0.3) is 0 Å². The van der Waals surface area contributed by atoms with Crippen LogP contribution in [0.25, 0.3) is 0 Å². The number of hydrogen-bond acceptors (Lipinski definition) is 3. The summed E-state index contributed by atoms with van der Waals surface area (Å²) >= 11 is 0. The van der Waals surface area contributed by atoms with Gasteiger partial charge in [-0.05, 0) is 12.0 Å². The van der Waals surface area contributed by atoms with Gasteiger partial charge in [0.2, 0.25) is 0 Å². The lowest BCUT2D eigenvalue weighted by atomic mass is 9.89. The van der Waals surface area contributed by atoms with Crippen molar-refractivity contribution in [2.75, 3.05) is 7.11 Å². The van der Waals surface area contributed by atoms with Gasteiger partial charge in [-0.15, -0.1) is 0 Å². The Bertz CT molecular complexity index is 360. The smallest absolute Gasteiger partial charge is 0.387 e. The molecule has 0 aliphatic heterocycles. The maximum absolute atomic E-state index is 12.2. The van der Waals surface area contributed by atoms with Crippen LogP contribution in [-0.4, -0.2) is 24.8 Å². The van der Waals surface area contributed by atoms with Crippen LogP contribution in [0.2, 0.25) is 0 Å². The zero-order valence-electron chi connectivity index (χ0n) is 9.57. The van der Waals surface area contributed by atoms with Crippen molar-refractivity contribution in [3.8, 4) is 0 Å². The average Bonchev–Trinajstić information content (AvgIpc) is 2.21. The summed E-state index contributed by atoms with van der Waals surface area (Å²) in [4.78, 5) is 10.6. The van der Waals surface area contributed by atoms with Crippen LogP contribution >= 0.6 is 0 Å². The molecule has 96 valence electrons. The molecule has 0 aromatic carbocycles. The van der Waals surface area contributed by atoms with Gasteiger partial charge in [0.15, 0.2) is 5.76 Å². The first kappa shape index (κ1) is 13.5. The summed E-state index contributed by atoms with van der Waals surface area (Å²) in [5.74, 6) is -0.838. The summed E-state index contributed by atoms with van der Waals surface area (Å²) in [5, 5.41) is 8.70. The first-order valence-electron chi connectivity index (χ1n) is 5.08. The Morgan fingerprint density at radius 1 is 1.65 bits per heavy atom. The third kappa shape index (κ3) is 3.72. The molecule has 1 aliphatic carbocycles. The molecule has 0 aromatic rings. The number of alkyl halides is 2. The SMILES string of the molecule is COC1=C(OC(F)F)C=C(CC(=O)O)C(C)C1. The minimum absolute atomic E-state index is 0.0638. The number of carbonyl (C=O) groups is 1. The number of halogens is 2. The molecule has 0 spiro atoms. The van der Waals surface area contributed by atoms with Crippen LogP contribution in [0.5, 0.6) is 0 Å². The van der Waals surface area contributed by atoms with E-state index in [1.165, 1.54) is 13.2 Å². The van der Waals surface area contributed by atoms with Crippen LogP contribution in [0.4, 0.5) is 8.78 Å². The van der Waals surface area contributed by atoms with Crippen LogP contribution in [-0.2, 0) is 14.3 Å². The number of carboxylic acid groups (broad SMARTS) is 1. The van der Waals surface area contributed by atoms with E-state index < -0.39 is 12.6 Å². The molecular weight excluding hydrogens is 234 g/mol. The van der Waals surface area contributed by atoms with E-state index in [-0.39, 0.29) is 18.1 Å². The largest absolute Gasteiger partial charge is 0.497 e. The van der Waals surface area contributed by atoms with Crippen LogP contribution in [0.3, 0.4) is 0 Å². The molecule has 0 bridgehead atoms. The highest BCUT2D eigenvalue weighted by molar-refractivity contribution is 5.70. The first-order valence-corrected chi connectivity index (χ1v) is 5.08. The van der Waals surface area contributed by atoms with E-state index in [1.54, 1.807) is 0 Å². The number of hydrogen-bond donors (Lipinski definition) is 1. The highest BCUT2D eigenvalue weighted by Gasteiger charge is 2.24. The van der Waals surface area contributed by atoms with E-state index in [4.69, 9.17) is 9.84 Å². The van der Waals surface area contributed by atoms with Crippen molar-refractivity contribution in [1.29, 1.82) is 0 Å². The number of allylic oxidation sites excluding steroid dienone is 2. The Morgan fingerprint density at radius 2 is 2.29 bits per heavy atom. The fourth-order valence-corrected chi connectivity index (χ4v) is 1.68. The Morgan fingerprint density at radius 3 is 2.76 bits per heavy atom. The van der Waals surface area contributed by atoms with Crippen molar-refractivity contribution in [3.05, 3.63) is 23.2 Å². The maximum atomic E-state index is 12.2. The molecule has 0 saturated carbocycles. The quantitative estimate of drug-likeness (QED) is 0.812. The highest BCUT2D eigenvalue weighted by Crippen LogP contribution is 2.32. The van der Waals surface area contributed by atoms with Crippen LogP contribution in [0.15, 0.2) is 23.2 Å². The summed E-state index contributed by atoms with van der Waals surface area (Å²) in [6, 6.07) is 0. The minimum atomic E-state index is -2.95. The minimum Gasteiger partial charge on any atom is -0.497 e. The fraction of sp³-hybridized carbons (Fsp3) is 0.545. The fourth-order valence-electron chi connectivity index (χ4n) is 1.68. The van der Waals surface area contributed by atoms with Crippen molar-refractivity contribution in [2.24, 2.45) is 5.92 Å². The molecule has 0 heterocycles. The van der Waals surface area contributed by atoms with Gasteiger partial charge in [-0.2, -0.15) is 8.78 Å². The lowest BCUT2D eigenvalue weighted by molar-refractivity contribution is -0.136. The van der Waals surface area contributed by atoms with Gasteiger partial charge in [0, 0.05) is 6.42 Å². The lowest BCUT2D eigenvalue weighted by Crippen LogP contribution is -2.15. The average molecular weight is 248 g/mol. The Labute approximate surface area is 97.5 Å². The van der Waals surface area contributed by atoms with Gasteiger partial charge >= 0.3 is 12.6 Å². The van der Waals surface area contributed by atoms with Gasteiger partial charge in [-0.25, -0.2) is 0 Å². The third-order valence-electron chi connectivity index (χ3n) is 2.53. The normalized spacial score (nSPS) is 20.3. The van der Waals surface area contributed by atoms with Crippen molar-refractivity contribution < 1.29 is 28.2 Å². The molecule has 1 atom stereocenters. The lowest BCUT2D eigenvalue weighted by Gasteiger charge is -2.23. The number of aliphatic carboxylic acids is 1. The summed E-state index contributed by atoms with van der Waals surface area (Å²) in [6.07, 6.45) is 1.50. The first-order chi connectivity index (χ1) is 7.93. The van der Waals surface area contributed by atoms with E-state index in [2.05, 4.69) is 4.74 Å². The Balaban J connectivity index is 2.95. The summed E-state index contributed by atoms with van der Waals surface area (Å²) in [5.41, 5.74) is 0.550. The molecule has 0 radical (unpaired) electrons. The van der Waals surface area contributed by atoms with Crippen molar-refractivity contribution in [2.45, 2.75) is 26.4 Å². The van der Waals surface area contributed by atoms with Crippen LogP contribution in [0.1, 0.15) is 19.8 Å². The number of carboxylic acids is 1. The van der Waals surface area contributed by atoms with Gasteiger partial charge in [0.1, 0.15) is 5.76 Å². The second kappa shape index (κ2) is 5.65. The van der Waals surface area contributed by atoms with Crippen molar-refractivity contribution in [3.63, 3.8) is 0 Å². The summed E-state index contributed by atoms with van der Waals surface area (Å²) < 4.78 is 33.6. The second-order valence-electron chi connectivity index (χ2n) is 3.76. The monoisotopic (exact) mass is 248 g/mol. The maximum Gasteiger partial charge on any atom is 0.387 e. The van der Waals surface area contributed by atoms with Gasteiger partial charge in [0.05, 0.1) is 13.5 Å². The summed E-state index contributed by atoms with van der Waals surface area (Å²) in [6.45, 7) is -1.14. The molecule has 1 N–H and O–H groups in total. The topological polar surface area (TPSA) is 55.8 Å². The molecule has 1 unspecified atom stereocenters. The summed E-state index contributed by atoms with van der Waals surface area (Å²) in [7, 11) is 1.37. The van der Waals surface area contributed by atoms with Crippen molar-refractivity contribution >= 4 is 5.97 Å². The van der Waals surface area contributed by atoms with Gasteiger partial charge < -0.3 is 14.6 Å².